The fraction of sp³-hybridized carbons (Fsp3) is 0.529. The van der Waals surface area contributed by atoms with Crippen LogP contribution in [0.3, 0.4) is 0 Å². The van der Waals surface area contributed by atoms with Gasteiger partial charge in [0.15, 0.2) is 11.5 Å². The second-order valence-corrected chi connectivity index (χ2v) is 6.89. The highest BCUT2D eigenvalue weighted by atomic mass is 16.7. The summed E-state index contributed by atoms with van der Waals surface area (Å²) >= 11 is 0. The molecule has 1 aliphatic heterocycles. The largest absolute Gasteiger partial charge is 0.454 e. The molecular formula is C17H20O2. The Morgan fingerprint density at radius 3 is 2.74 bits per heavy atom. The smallest absolute Gasteiger partial charge is 0.231 e. The number of benzene rings is 1. The summed E-state index contributed by atoms with van der Waals surface area (Å²) in [6.07, 6.45) is 6.18. The molecule has 0 radical (unpaired) electrons. The Bertz CT molecular complexity index is 598. The van der Waals surface area contributed by atoms with Gasteiger partial charge in [-0.05, 0) is 29.9 Å². The molecule has 0 bridgehead atoms. The van der Waals surface area contributed by atoms with Crippen LogP contribution in [0.5, 0.6) is 11.5 Å². The Morgan fingerprint density at radius 1 is 1.05 bits per heavy atom. The van der Waals surface area contributed by atoms with Gasteiger partial charge in [0, 0.05) is 11.0 Å². The molecule has 3 aliphatic rings. The second-order valence-electron chi connectivity index (χ2n) is 6.89. The molecule has 1 heterocycles. The van der Waals surface area contributed by atoms with Crippen molar-refractivity contribution in [3.8, 4) is 11.5 Å². The van der Waals surface area contributed by atoms with Crippen molar-refractivity contribution < 1.29 is 9.47 Å². The average Bonchev–Trinajstić information content (AvgIpc) is 2.90. The maximum absolute atomic E-state index is 5.77. The SMILES string of the molecule is CC1(C)CCC[C@@]2(C)C1=Cc1ccc3c(c12)OCO3. The minimum Gasteiger partial charge on any atom is -0.454 e. The summed E-state index contributed by atoms with van der Waals surface area (Å²) in [5, 5.41) is 0. The van der Waals surface area contributed by atoms with Gasteiger partial charge >= 0.3 is 0 Å². The van der Waals surface area contributed by atoms with Gasteiger partial charge < -0.3 is 9.47 Å². The fourth-order valence-corrected chi connectivity index (χ4v) is 4.35. The molecule has 0 saturated heterocycles. The molecule has 100 valence electrons. The maximum Gasteiger partial charge on any atom is 0.231 e. The summed E-state index contributed by atoms with van der Waals surface area (Å²) in [5.74, 6) is 1.90. The maximum atomic E-state index is 5.77. The molecule has 2 aliphatic carbocycles. The second kappa shape index (κ2) is 3.36. The molecule has 1 aromatic carbocycles. The highest BCUT2D eigenvalue weighted by Gasteiger charge is 2.48. The summed E-state index contributed by atoms with van der Waals surface area (Å²) in [5.41, 5.74) is 4.70. The number of hydrogen-bond acceptors (Lipinski definition) is 2. The van der Waals surface area contributed by atoms with Crippen molar-refractivity contribution in [2.24, 2.45) is 5.41 Å². The summed E-state index contributed by atoms with van der Waals surface area (Å²) in [6.45, 7) is 7.49. The third-order valence-corrected chi connectivity index (χ3v) is 5.23. The number of rotatable bonds is 0. The van der Waals surface area contributed by atoms with Crippen molar-refractivity contribution in [2.45, 2.75) is 45.4 Å². The van der Waals surface area contributed by atoms with E-state index in [1.807, 2.05) is 6.07 Å². The van der Waals surface area contributed by atoms with Crippen LogP contribution in [0.15, 0.2) is 17.7 Å². The normalized spacial score (nSPS) is 29.7. The van der Waals surface area contributed by atoms with Gasteiger partial charge in [-0.25, -0.2) is 0 Å². The lowest BCUT2D eigenvalue weighted by Gasteiger charge is -2.44. The van der Waals surface area contributed by atoms with Crippen molar-refractivity contribution in [1.29, 1.82) is 0 Å². The van der Waals surface area contributed by atoms with Gasteiger partial charge in [0.1, 0.15) is 0 Å². The lowest BCUT2D eigenvalue weighted by molar-refractivity contribution is 0.171. The van der Waals surface area contributed by atoms with Gasteiger partial charge in [-0.2, -0.15) is 0 Å². The summed E-state index contributed by atoms with van der Waals surface area (Å²) in [7, 11) is 0. The predicted molar refractivity (Wildman–Crippen MR) is 75.5 cm³/mol. The summed E-state index contributed by atoms with van der Waals surface area (Å²) < 4.78 is 11.3. The molecule has 0 spiro atoms. The molecule has 1 atom stereocenters. The van der Waals surface area contributed by atoms with Crippen LogP contribution in [0.1, 0.15) is 51.2 Å². The van der Waals surface area contributed by atoms with Crippen LogP contribution in [0.2, 0.25) is 0 Å². The lowest BCUT2D eigenvalue weighted by Crippen LogP contribution is -2.35. The van der Waals surface area contributed by atoms with E-state index in [1.165, 1.54) is 30.4 Å². The molecule has 0 aromatic heterocycles. The minimum absolute atomic E-state index is 0.135. The van der Waals surface area contributed by atoms with E-state index in [1.54, 1.807) is 5.57 Å². The van der Waals surface area contributed by atoms with Crippen LogP contribution in [-0.4, -0.2) is 6.79 Å². The van der Waals surface area contributed by atoms with Crippen molar-refractivity contribution in [1.82, 2.24) is 0 Å². The van der Waals surface area contributed by atoms with Crippen LogP contribution in [-0.2, 0) is 5.41 Å². The third kappa shape index (κ3) is 1.32. The summed E-state index contributed by atoms with van der Waals surface area (Å²) in [4.78, 5) is 0. The highest BCUT2D eigenvalue weighted by molar-refractivity contribution is 5.76. The molecule has 19 heavy (non-hydrogen) atoms. The number of fused-ring (bicyclic) bond motifs is 5. The van der Waals surface area contributed by atoms with Crippen LogP contribution >= 0.6 is 0 Å². The first-order chi connectivity index (χ1) is 9.02. The molecule has 2 heteroatoms. The summed E-state index contributed by atoms with van der Waals surface area (Å²) in [6, 6.07) is 4.24. The molecule has 4 rings (SSSR count). The van der Waals surface area contributed by atoms with E-state index >= 15 is 0 Å². The van der Waals surface area contributed by atoms with Crippen molar-refractivity contribution in [3.63, 3.8) is 0 Å². The van der Waals surface area contributed by atoms with Gasteiger partial charge in [-0.3, -0.25) is 0 Å². The zero-order valence-corrected chi connectivity index (χ0v) is 11.9. The quantitative estimate of drug-likeness (QED) is 0.689. The Labute approximate surface area is 114 Å². The molecule has 0 N–H and O–H groups in total. The van der Waals surface area contributed by atoms with Gasteiger partial charge in [-0.15, -0.1) is 0 Å². The van der Waals surface area contributed by atoms with E-state index in [4.69, 9.17) is 9.47 Å². The molecular weight excluding hydrogens is 236 g/mol. The minimum atomic E-state index is 0.135. The van der Waals surface area contributed by atoms with Gasteiger partial charge in [0.05, 0.1) is 0 Å². The standard InChI is InChI=1S/C17H20O2/c1-16(2)7-4-8-17(3)13(16)9-11-5-6-12-15(14(11)17)19-10-18-12/h5-6,9H,4,7-8,10H2,1-3H3/t17-/m0/s1. The van der Waals surface area contributed by atoms with E-state index in [0.717, 1.165) is 11.5 Å². The molecule has 0 unspecified atom stereocenters. The number of hydrogen-bond donors (Lipinski definition) is 0. The fourth-order valence-electron chi connectivity index (χ4n) is 4.35. The van der Waals surface area contributed by atoms with E-state index in [9.17, 15) is 0 Å². The van der Waals surface area contributed by atoms with E-state index in [0.29, 0.717) is 12.2 Å². The van der Waals surface area contributed by atoms with Crippen LogP contribution in [0.25, 0.3) is 6.08 Å². The zero-order valence-electron chi connectivity index (χ0n) is 11.9. The monoisotopic (exact) mass is 256 g/mol. The average molecular weight is 256 g/mol. The van der Waals surface area contributed by atoms with Crippen molar-refractivity contribution in [3.05, 3.63) is 28.8 Å². The van der Waals surface area contributed by atoms with E-state index in [-0.39, 0.29) is 5.41 Å². The number of allylic oxidation sites excluding steroid dienone is 1. The Hall–Kier alpha value is -1.44. The first-order valence-electron chi connectivity index (χ1n) is 7.18. The van der Waals surface area contributed by atoms with Crippen LogP contribution < -0.4 is 9.47 Å². The molecule has 1 aromatic rings. The van der Waals surface area contributed by atoms with E-state index < -0.39 is 0 Å². The Morgan fingerprint density at radius 2 is 1.89 bits per heavy atom. The van der Waals surface area contributed by atoms with Gasteiger partial charge in [0.2, 0.25) is 6.79 Å². The van der Waals surface area contributed by atoms with Crippen molar-refractivity contribution in [2.75, 3.05) is 6.79 Å². The number of ether oxygens (including phenoxy) is 2. The van der Waals surface area contributed by atoms with Crippen molar-refractivity contribution >= 4 is 6.08 Å². The molecule has 0 amide bonds. The first kappa shape index (κ1) is 11.4. The van der Waals surface area contributed by atoms with Crippen LogP contribution in [0.4, 0.5) is 0 Å². The topological polar surface area (TPSA) is 18.5 Å². The molecule has 1 saturated carbocycles. The lowest BCUT2D eigenvalue weighted by atomic mass is 9.60. The Balaban J connectivity index is 1.96. The molecule has 1 fully saturated rings. The third-order valence-electron chi connectivity index (χ3n) is 5.23. The predicted octanol–water partition coefficient (Wildman–Crippen LogP) is 4.28. The van der Waals surface area contributed by atoms with Gasteiger partial charge in [-0.1, -0.05) is 44.9 Å². The Kier molecular flexibility index (Phi) is 2.01. The highest BCUT2D eigenvalue weighted by Crippen LogP contribution is 2.60. The first-order valence-corrected chi connectivity index (χ1v) is 7.18. The molecule has 2 nitrogen and oxygen atoms in total. The zero-order chi connectivity index (χ0) is 13.3. The van der Waals surface area contributed by atoms with Crippen LogP contribution in [0, 0.1) is 5.41 Å². The van der Waals surface area contributed by atoms with Gasteiger partial charge in [0.25, 0.3) is 0 Å². The van der Waals surface area contributed by atoms with E-state index in [2.05, 4.69) is 32.9 Å².